The fourth-order valence-electron chi connectivity index (χ4n) is 3.10. The zero-order valence-corrected chi connectivity index (χ0v) is 18.3. The van der Waals surface area contributed by atoms with Gasteiger partial charge in [-0.1, -0.05) is 18.2 Å². The highest BCUT2D eigenvalue weighted by Crippen LogP contribution is 2.27. The standard InChI is InChI=1S/C22H27N5O4/c1-14-17(12-23-26(14)5)19-15(13-27(25-19)16-9-7-6-8-10-16)11-18(20(28)29)24-21(30)31-22(2,3)4/h6-10,12-13,18H,11H2,1-5H3,(H,24,30)(H,28,29). The van der Waals surface area contributed by atoms with Gasteiger partial charge in [0.05, 0.1) is 17.6 Å². The Morgan fingerprint density at radius 3 is 2.45 bits per heavy atom. The van der Waals surface area contributed by atoms with Crippen molar-refractivity contribution in [2.75, 3.05) is 0 Å². The number of aryl methyl sites for hydroxylation is 1. The van der Waals surface area contributed by atoms with E-state index in [1.165, 1.54) is 0 Å². The smallest absolute Gasteiger partial charge is 0.408 e. The van der Waals surface area contributed by atoms with Crippen LogP contribution in [0.25, 0.3) is 16.9 Å². The third-order valence-corrected chi connectivity index (χ3v) is 4.71. The molecule has 1 atom stereocenters. The first kappa shape index (κ1) is 22.1. The topological polar surface area (TPSA) is 111 Å². The van der Waals surface area contributed by atoms with E-state index in [4.69, 9.17) is 9.84 Å². The number of amides is 1. The van der Waals surface area contributed by atoms with Crippen LogP contribution in [0.5, 0.6) is 0 Å². The van der Waals surface area contributed by atoms with Crippen molar-refractivity contribution in [3.63, 3.8) is 0 Å². The third kappa shape index (κ3) is 5.30. The van der Waals surface area contributed by atoms with Crippen LogP contribution in [0, 0.1) is 6.92 Å². The molecule has 2 aromatic heterocycles. The molecule has 1 amide bonds. The van der Waals surface area contributed by atoms with Gasteiger partial charge in [-0.2, -0.15) is 10.2 Å². The van der Waals surface area contributed by atoms with Crippen LogP contribution >= 0.6 is 0 Å². The van der Waals surface area contributed by atoms with Crippen molar-refractivity contribution < 1.29 is 19.4 Å². The van der Waals surface area contributed by atoms with Crippen molar-refractivity contribution in [2.45, 2.75) is 45.8 Å². The van der Waals surface area contributed by atoms with Crippen LogP contribution in [-0.4, -0.2) is 48.4 Å². The van der Waals surface area contributed by atoms with E-state index in [0.717, 1.165) is 16.9 Å². The summed E-state index contributed by atoms with van der Waals surface area (Å²) in [7, 11) is 1.83. The van der Waals surface area contributed by atoms with Gasteiger partial charge in [0, 0.05) is 36.5 Å². The SMILES string of the molecule is Cc1c(-c2nn(-c3ccccc3)cc2CC(NC(=O)OC(C)(C)C)C(=O)O)cnn1C. The van der Waals surface area contributed by atoms with Crippen molar-refractivity contribution in [1.82, 2.24) is 24.9 Å². The van der Waals surface area contributed by atoms with Gasteiger partial charge < -0.3 is 15.2 Å². The zero-order valence-electron chi connectivity index (χ0n) is 18.3. The van der Waals surface area contributed by atoms with E-state index in [1.54, 1.807) is 42.5 Å². The molecular weight excluding hydrogens is 398 g/mol. The molecule has 0 aliphatic carbocycles. The molecule has 0 aliphatic rings. The number of para-hydroxylation sites is 1. The van der Waals surface area contributed by atoms with Crippen LogP contribution in [0.15, 0.2) is 42.7 Å². The molecule has 0 spiro atoms. The predicted octanol–water partition coefficient (Wildman–Crippen LogP) is 3.10. The van der Waals surface area contributed by atoms with Gasteiger partial charge in [-0.25, -0.2) is 14.3 Å². The number of carbonyl (C=O) groups is 2. The number of hydrogen-bond donors (Lipinski definition) is 2. The van der Waals surface area contributed by atoms with Gasteiger partial charge >= 0.3 is 12.1 Å². The number of hydrogen-bond acceptors (Lipinski definition) is 5. The number of alkyl carbamates (subject to hydrolysis) is 1. The Morgan fingerprint density at radius 1 is 1.23 bits per heavy atom. The molecule has 0 saturated heterocycles. The number of ether oxygens (including phenoxy) is 1. The second kappa shape index (κ2) is 8.63. The number of rotatable bonds is 6. The number of aliphatic carboxylic acids is 1. The van der Waals surface area contributed by atoms with Crippen LogP contribution in [0.4, 0.5) is 4.79 Å². The van der Waals surface area contributed by atoms with E-state index >= 15 is 0 Å². The molecule has 164 valence electrons. The highest BCUT2D eigenvalue weighted by molar-refractivity contribution is 5.81. The number of carboxylic acid groups (broad SMARTS) is 1. The summed E-state index contributed by atoms with van der Waals surface area (Å²) in [5, 5.41) is 21.1. The van der Waals surface area contributed by atoms with E-state index in [9.17, 15) is 14.7 Å². The summed E-state index contributed by atoms with van der Waals surface area (Å²) in [6, 6.07) is 8.34. The molecule has 0 fully saturated rings. The van der Waals surface area contributed by atoms with Gasteiger partial charge in [0.15, 0.2) is 0 Å². The van der Waals surface area contributed by atoms with E-state index < -0.39 is 23.7 Å². The van der Waals surface area contributed by atoms with Crippen molar-refractivity contribution >= 4 is 12.1 Å². The van der Waals surface area contributed by atoms with Crippen molar-refractivity contribution in [3.05, 3.63) is 54.0 Å². The largest absolute Gasteiger partial charge is 0.480 e. The fraction of sp³-hybridized carbons (Fsp3) is 0.364. The minimum absolute atomic E-state index is 0.0328. The maximum atomic E-state index is 12.2. The lowest BCUT2D eigenvalue weighted by Crippen LogP contribution is -2.44. The van der Waals surface area contributed by atoms with Gasteiger partial charge in [-0.3, -0.25) is 4.68 Å². The molecule has 0 radical (unpaired) electrons. The highest BCUT2D eigenvalue weighted by Gasteiger charge is 2.27. The van der Waals surface area contributed by atoms with Crippen LogP contribution in [-0.2, 0) is 23.0 Å². The Balaban J connectivity index is 1.97. The summed E-state index contributed by atoms with van der Waals surface area (Å²) in [4.78, 5) is 24.1. The minimum Gasteiger partial charge on any atom is -0.480 e. The minimum atomic E-state index is -1.18. The van der Waals surface area contributed by atoms with Crippen molar-refractivity contribution in [1.29, 1.82) is 0 Å². The normalized spacial score (nSPS) is 12.4. The summed E-state index contributed by atoms with van der Waals surface area (Å²) in [6.07, 6.45) is 2.73. The molecule has 1 aromatic carbocycles. The summed E-state index contributed by atoms with van der Waals surface area (Å²) in [6.45, 7) is 7.07. The van der Waals surface area contributed by atoms with Gasteiger partial charge in [0.1, 0.15) is 11.6 Å². The van der Waals surface area contributed by atoms with Gasteiger partial charge in [0.25, 0.3) is 0 Å². The van der Waals surface area contributed by atoms with Gasteiger partial charge in [-0.15, -0.1) is 0 Å². The molecular formula is C22H27N5O4. The maximum absolute atomic E-state index is 12.2. The van der Waals surface area contributed by atoms with Crippen molar-refractivity contribution in [2.24, 2.45) is 7.05 Å². The molecule has 3 aromatic rings. The van der Waals surface area contributed by atoms with Crippen LogP contribution in [0.2, 0.25) is 0 Å². The quantitative estimate of drug-likeness (QED) is 0.628. The summed E-state index contributed by atoms with van der Waals surface area (Å²) in [5.41, 5.74) is 3.09. The Labute approximate surface area is 180 Å². The van der Waals surface area contributed by atoms with Crippen molar-refractivity contribution in [3.8, 4) is 16.9 Å². The average molecular weight is 425 g/mol. The highest BCUT2D eigenvalue weighted by atomic mass is 16.6. The fourth-order valence-corrected chi connectivity index (χ4v) is 3.10. The molecule has 3 rings (SSSR count). The third-order valence-electron chi connectivity index (χ3n) is 4.71. The first-order chi connectivity index (χ1) is 14.5. The molecule has 9 heteroatoms. The average Bonchev–Trinajstić information content (AvgIpc) is 3.24. The number of nitrogens with one attached hydrogen (secondary N) is 1. The van der Waals surface area contributed by atoms with Crippen LogP contribution < -0.4 is 5.32 Å². The molecule has 2 N–H and O–H groups in total. The van der Waals surface area contributed by atoms with E-state index in [-0.39, 0.29) is 6.42 Å². The first-order valence-electron chi connectivity index (χ1n) is 9.90. The van der Waals surface area contributed by atoms with Gasteiger partial charge in [-0.05, 0) is 39.8 Å². The summed E-state index contributed by atoms with van der Waals surface area (Å²) >= 11 is 0. The second-order valence-electron chi connectivity index (χ2n) is 8.29. The lowest BCUT2D eigenvalue weighted by atomic mass is 10.0. The number of nitrogens with zero attached hydrogens (tertiary/aromatic N) is 4. The van der Waals surface area contributed by atoms with E-state index in [0.29, 0.717) is 11.3 Å². The Kier molecular flexibility index (Phi) is 6.14. The number of carboxylic acids is 1. The predicted molar refractivity (Wildman–Crippen MR) is 115 cm³/mol. The number of benzene rings is 1. The number of aromatic nitrogens is 4. The molecule has 1 unspecified atom stereocenters. The molecule has 0 saturated carbocycles. The lowest BCUT2D eigenvalue weighted by Gasteiger charge is -2.22. The van der Waals surface area contributed by atoms with Crippen LogP contribution in [0.1, 0.15) is 32.0 Å². The molecule has 2 heterocycles. The Bertz CT molecular complexity index is 1080. The van der Waals surface area contributed by atoms with E-state index in [1.807, 2.05) is 44.3 Å². The molecule has 0 bridgehead atoms. The second-order valence-corrected chi connectivity index (χ2v) is 8.29. The Morgan fingerprint density at radius 2 is 1.90 bits per heavy atom. The molecule has 31 heavy (non-hydrogen) atoms. The monoisotopic (exact) mass is 425 g/mol. The zero-order chi connectivity index (χ0) is 22.8. The van der Waals surface area contributed by atoms with E-state index in [2.05, 4.69) is 10.4 Å². The maximum Gasteiger partial charge on any atom is 0.408 e. The Hall–Kier alpha value is -3.62. The summed E-state index contributed by atoms with van der Waals surface area (Å²) in [5.74, 6) is -1.16. The number of carbonyl (C=O) groups excluding carboxylic acids is 1. The van der Waals surface area contributed by atoms with Crippen LogP contribution in [0.3, 0.4) is 0 Å². The van der Waals surface area contributed by atoms with Gasteiger partial charge in [0.2, 0.25) is 0 Å². The first-order valence-corrected chi connectivity index (χ1v) is 9.90. The lowest BCUT2D eigenvalue weighted by molar-refractivity contribution is -0.139. The molecule has 9 nitrogen and oxygen atoms in total. The molecule has 0 aliphatic heterocycles. The summed E-state index contributed by atoms with van der Waals surface area (Å²) < 4.78 is 8.65.